The van der Waals surface area contributed by atoms with Crippen LogP contribution in [0.5, 0.6) is 5.75 Å². The van der Waals surface area contributed by atoms with Crippen molar-refractivity contribution in [3.8, 4) is 5.75 Å². The number of carbonyl (C=O) groups excluding carboxylic acids is 1. The zero-order valence-electron chi connectivity index (χ0n) is 13.3. The first-order chi connectivity index (χ1) is 9.84. The molecular weight excluding hydrogens is 266 g/mol. The Labute approximate surface area is 126 Å². The van der Waals surface area contributed by atoms with Crippen LogP contribution in [0.1, 0.15) is 31.1 Å². The van der Waals surface area contributed by atoms with E-state index < -0.39 is 0 Å². The van der Waals surface area contributed by atoms with E-state index in [1.807, 2.05) is 4.90 Å². The van der Waals surface area contributed by atoms with Crippen molar-refractivity contribution in [2.75, 3.05) is 39.0 Å². The summed E-state index contributed by atoms with van der Waals surface area (Å²) >= 11 is 0. The van der Waals surface area contributed by atoms with Gasteiger partial charge in [-0.25, -0.2) is 0 Å². The van der Waals surface area contributed by atoms with Crippen LogP contribution in [0, 0.1) is 0 Å². The SMILES string of the molecule is COc1cccc(N)c1C(=O)N1CCN(C(C)(C)C)CC1. The second-order valence-corrected chi connectivity index (χ2v) is 6.37. The molecule has 116 valence electrons. The summed E-state index contributed by atoms with van der Waals surface area (Å²) in [6.07, 6.45) is 0. The summed E-state index contributed by atoms with van der Waals surface area (Å²) < 4.78 is 5.28. The number of hydrogen-bond donors (Lipinski definition) is 1. The molecule has 1 aliphatic heterocycles. The van der Waals surface area contributed by atoms with Gasteiger partial charge in [-0.05, 0) is 32.9 Å². The topological polar surface area (TPSA) is 58.8 Å². The largest absolute Gasteiger partial charge is 0.496 e. The molecule has 0 aliphatic carbocycles. The molecule has 1 saturated heterocycles. The number of carbonyl (C=O) groups is 1. The molecule has 0 atom stereocenters. The molecule has 0 saturated carbocycles. The van der Waals surface area contributed by atoms with Crippen LogP contribution < -0.4 is 10.5 Å². The molecule has 1 aliphatic rings. The maximum atomic E-state index is 12.7. The van der Waals surface area contributed by atoms with Crippen molar-refractivity contribution in [1.29, 1.82) is 0 Å². The summed E-state index contributed by atoms with van der Waals surface area (Å²) in [5.74, 6) is 0.497. The lowest BCUT2D eigenvalue weighted by Gasteiger charge is -2.42. The molecule has 5 heteroatoms. The molecule has 1 aromatic rings. The molecular formula is C16H25N3O2. The second-order valence-electron chi connectivity index (χ2n) is 6.37. The van der Waals surface area contributed by atoms with E-state index in [0.29, 0.717) is 30.1 Å². The van der Waals surface area contributed by atoms with Gasteiger partial charge in [0.25, 0.3) is 5.91 Å². The fourth-order valence-electron chi connectivity index (χ4n) is 2.69. The highest BCUT2D eigenvalue weighted by Gasteiger charge is 2.29. The van der Waals surface area contributed by atoms with Crippen LogP contribution in [0.2, 0.25) is 0 Å². The molecule has 1 amide bonds. The van der Waals surface area contributed by atoms with Crippen LogP contribution in [-0.2, 0) is 0 Å². The minimum absolute atomic E-state index is 0.0430. The van der Waals surface area contributed by atoms with Gasteiger partial charge < -0.3 is 15.4 Å². The Balaban J connectivity index is 2.13. The van der Waals surface area contributed by atoms with Gasteiger partial charge in [0, 0.05) is 37.4 Å². The Kier molecular flexibility index (Phi) is 4.42. The first kappa shape index (κ1) is 15.6. The van der Waals surface area contributed by atoms with Crippen molar-refractivity contribution in [3.63, 3.8) is 0 Å². The molecule has 1 aromatic carbocycles. The quantitative estimate of drug-likeness (QED) is 0.845. The van der Waals surface area contributed by atoms with Gasteiger partial charge in [0.1, 0.15) is 11.3 Å². The van der Waals surface area contributed by atoms with Crippen LogP contribution >= 0.6 is 0 Å². The molecule has 0 unspecified atom stereocenters. The number of anilines is 1. The van der Waals surface area contributed by atoms with Gasteiger partial charge in [-0.15, -0.1) is 0 Å². The standard InChI is InChI=1S/C16H25N3O2/c1-16(2,3)19-10-8-18(9-11-19)15(20)14-12(17)6-5-7-13(14)21-4/h5-7H,8-11,17H2,1-4H3. The van der Waals surface area contributed by atoms with Crippen molar-refractivity contribution < 1.29 is 9.53 Å². The predicted octanol–water partition coefficient (Wildman–Crippen LogP) is 1.83. The predicted molar refractivity (Wildman–Crippen MR) is 84.6 cm³/mol. The van der Waals surface area contributed by atoms with Crippen LogP contribution in [0.15, 0.2) is 18.2 Å². The Morgan fingerprint density at radius 2 is 1.81 bits per heavy atom. The van der Waals surface area contributed by atoms with Gasteiger partial charge in [0.2, 0.25) is 0 Å². The Hall–Kier alpha value is -1.75. The van der Waals surface area contributed by atoms with Crippen LogP contribution in [0.3, 0.4) is 0 Å². The Morgan fingerprint density at radius 3 is 2.33 bits per heavy atom. The normalized spacial score (nSPS) is 16.9. The first-order valence-electron chi connectivity index (χ1n) is 7.31. The minimum Gasteiger partial charge on any atom is -0.496 e. The van der Waals surface area contributed by atoms with Crippen LogP contribution in [0.25, 0.3) is 0 Å². The maximum Gasteiger partial charge on any atom is 0.259 e. The summed E-state index contributed by atoms with van der Waals surface area (Å²) in [6, 6.07) is 5.30. The molecule has 0 spiro atoms. The first-order valence-corrected chi connectivity index (χ1v) is 7.31. The summed E-state index contributed by atoms with van der Waals surface area (Å²) in [4.78, 5) is 17.0. The fourth-order valence-corrected chi connectivity index (χ4v) is 2.69. The summed E-state index contributed by atoms with van der Waals surface area (Å²) in [5.41, 5.74) is 7.05. The number of piperazine rings is 1. The summed E-state index contributed by atoms with van der Waals surface area (Å²) in [5, 5.41) is 0. The molecule has 5 nitrogen and oxygen atoms in total. The van der Waals surface area contributed by atoms with Gasteiger partial charge >= 0.3 is 0 Å². The lowest BCUT2D eigenvalue weighted by Crippen LogP contribution is -2.54. The minimum atomic E-state index is -0.0430. The third-order valence-electron chi connectivity index (χ3n) is 4.01. The Bertz CT molecular complexity index is 515. The highest BCUT2D eigenvalue weighted by molar-refractivity contribution is 6.01. The molecule has 1 heterocycles. The monoisotopic (exact) mass is 291 g/mol. The summed E-state index contributed by atoms with van der Waals surface area (Å²) in [6.45, 7) is 9.78. The Morgan fingerprint density at radius 1 is 1.19 bits per heavy atom. The van der Waals surface area contributed by atoms with Gasteiger partial charge in [-0.3, -0.25) is 9.69 Å². The smallest absolute Gasteiger partial charge is 0.259 e. The van der Waals surface area contributed by atoms with E-state index >= 15 is 0 Å². The van der Waals surface area contributed by atoms with Gasteiger partial charge in [-0.1, -0.05) is 6.07 Å². The average Bonchev–Trinajstić information content (AvgIpc) is 2.45. The number of amides is 1. The van der Waals surface area contributed by atoms with Crippen LogP contribution in [-0.4, -0.2) is 54.5 Å². The molecule has 2 rings (SSSR count). The molecule has 0 aromatic heterocycles. The van der Waals surface area contributed by atoms with Crippen molar-refractivity contribution in [1.82, 2.24) is 9.80 Å². The number of benzene rings is 1. The van der Waals surface area contributed by atoms with E-state index in [1.165, 1.54) is 0 Å². The van der Waals surface area contributed by atoms with Crippen LogP contribution in [0.4, 0.5) is 5.69 Å². The number of rotatable bonds is 2. The average molecular weight is 291 g/mol. The number of hydrogen-bond acceptors (Lipinski definition) is 4. The van der Waals surface area contributed by atoms with E-state index in [0.717, 1.165) is 13.1 Å². The highest BCUT2D eigenvalue weighted by Crippen LogP contribution is 2.26. The fraction of sp³-hybridized carbons (Fsp3) is 0.562. The van der Waals surface area contributed by atoms with Gasteiger partial charge in [-0.2, -0.15) is 0 Å². The van der Waals surface area contributed by atoms with E-state index in [4.69, 9.17) is 10.5 Å². The third-order valence-corrected chi connectivity index (χ3v) is 4.01. The number of ether oxygens (including phenoxy) is 1. The van der Waals surface area contributed by atoms with Crippen molar-refractivity contribution in [2.45, 2.75) is 26.3 Å². The lowest BCUT2D eigenvalue weighted by atomic mass is 10.0. The number of nitrogens with zero attached hydrogens (tertiary/aromatic N) is 2. The van der Waals surface area contributed by atoms with E-state index in [-0.39, 0.29) is 11.4 Å². The third kappa shape index (κ3) is 3.29. The van der Waals surface area contributed by atoms with Crippen molar-refractivity contribution in [3.05, 3.63) is 23.8 Å². The zero-order chi connectivity index (χ0) is 15.6. The zero-order valence-corrected chi connectivity index (χ0v) is 13.3. The van der Waals surface area contributed by atoms with Gasteiger partial charge in [0.05, 0.1) is 7.11 Å². The highest BCUT2D eigenvalue weighted by atomic mass is 16.5. The molecule has 21 heavy (non-hydrogen) atoms. The second kappa shape index (κ2) is 5.93. The molecule has 2 N–H and O–H groups in total. The van der Waals surface area contributed by atoms with Gasteiger partial charge in [0.15, 0.2) is 0 Å². The van der Waals surface area contributed by atoms with Crippen molar-refractivity contribution >= 4 is 11.6 Å². The number of nitrogens with two attached hydrogens (primary N) is 1. The number of nitrogen functional groups attached to an aromatic ring is 1. The van der Waals surface area contributed by atoms with E-state index in [2.05, 4.69) is 25.7 Å². The van der Waals surface area contributed by atoms with E-state index in [1.54, 1.807) is 25.3 Å². The maximum absolute atomic E-state index is 12.7. The lowest BCUT2D eigenvalue weighted by molar-refractivity contribution is 0.0449. The van der Waals surface area contributed by atoms with E-state index in [9.17, 15) is 4.79 Å². The molecule has 0 bridgehead atoms. The molecule has 1 fully saturated rings. The summed E-state index contributed by atoms with van der Waals surface area (Å²) in [7, 11) is 1.56. The molecule has 0 radical (unpaired) electrons. The number of methoxy groups -OCH3 is 1. The van der Waals surface area contributed by atoms with Crippen molar-refractivity contribution in [2.24, 2.45) is 0 Å².